The first kappa shape index (κ1) is 17.7. The molecule has 0 radical (unpaired) electrons. The number of hydrogen-bond donors (Lipinski definition) is 0. The Labute approximate surface area is 129 Å². The van der Waals surface area contributed by atoms with Gasteiger partial charge in [-0.1, -0.05) is 13.0 Å². The Bertz CT molecular complexity index is 616. The molecule has 1 aliphatic rings. The summed E-state index contributed by atoms with van der Waals surface area (Å²) in [4.78, 5) is 11.2. The number of hydrogen-bond acceptors (Lipinski definition) is 3. The number of carbonyl (C=O) groups excluding carboxylic acids is 1. The van der Waals surface area contributed by atoms with Gasteiger partial charge in [0.15, 0.2) is 17.2 Å². The van der Waals surface area contributed by atoms with Gasteiger partial charge in [-0.15, -0.1) is 0 Å². The maximum atomic E-state index is 13.8. The van der Waals surface area contributed by atoms with E-state index in [1.54, 1.807) is 0 Å². The molecule has 1 aromatic rings. The molecule has 1 aromatic carbocycles. The summed E-state index contributed by atoms with van der Waals surface area (Å²) >= 11 is 0. The van der Waals surface area contributed by atoms with Gasteiger partial charge in [-0.2, -0.15) is 17.6 Å². The van der Waals surface area contributed by atoms with Crippen LogP contribution >= 0.6 is 0 Å². The fourth-order valence-electron chi connectivity index (χ4n) is 2.99. The molecule has 0 saturated carbocycles. The largest absolute Gasteiger partial charge is 0.493 e. The van der Waals surface area contributed by atoms with Crippen molar-refractivity contribution in [3.05, 3.63) is 29.3 Å². The molecule has 3 nitrogen and oxygen atoms in total. The molecular formula is C15H15F5O3. The number of halogens is 5. The van der Waals surface area contributed by atoms with Crippen LogP contribution < -0.4 is 4.74 Å². The molecule has 4 atom stereocenters. The molecule has 0 amide bonds. The van der Waals surface area contributed by atoms with Crippen molar-refractivity contribution in [2.75, 3.05) is 7.11 Å². The highest BCUT2D eigenvalue weighted by atomic mass is 19.4. The predicted molar refractivity (Wildman–Crippen MR) is 70.2 cm³/mol. The van der Waals surface area contributed by atoms with Crippen LogP contribution in [0.15, 0.2) is 12.1 Å². The lowest BCUT2D eigenvalue weighted by molar-refractivity contribution is -0.271. The zero-order valence-electron chi connectivity index (χ0n) is 12.6. The summed E-state index contributed by atoms with van der Waals surface area (Å²) < 4.78 is 76.8. The van der Waals surface area contributed by atoms with Gasteiger partial charge in [-0.25, -0.2) is 4.39 Å². The summed E-state index contributed by atoms with van der Waals surface area (Å²) in [6.07, 6.45) is -5.94. The second-order valence-corrected chi connectivity index (χ2v) is 5.62. The highest BCUT2D eigenvalue weighted by Gasteiger charge is 2.64. The number of carbonyl (C=O) groups is 1. The van der Waals surface area contributed by atoms with E-state index >= 15 is 0 Å². The van der Waals surface area contributed by atoms with E-state index in [0.29, 0.717) is 0 Å². The van der Waals surface area contributed by atoms with Gasteiger partial charge in [0.1, 0.15) is 12.4 Å². The number of alkyl halides is 3. The van der Waals surface area contributed by atoms with Gasteiger partial charge >= 0.3 is 6.18 Å². The zero-order valence-corrected chi connectivity index (χ0v) is 12.6. The Kier molecular flexibility index (Phi) is 4.40. The third kappa shape index (κ3) is 2.58. The average Bonchev–Trinajstić information content (AvgIpc) is 2.74. The molecule has 0 unspecified atom stereocenters. The molecule has 0 spiro atoms. The van der Waals surface area contributed by atoms with Crippen molar-refractivity contribution < 1.29 is 36.2 Å². The molecule has 23 heavy (non-hydrogen) atoms. The van der Waals surface area contributed by atoms with Crippen molar-refractivity contribution in [2.45, 2.75) is 37.6 Å². The summed E-state index contributed by atoms with van der Waals surface area (Å²) in [5.41, 5.74) is -2.62. The van der Waals surface area contributed by atoms with Crippen LogP contribution in [0, 0.1) is 17.6 Å². The molecule has 8 heteroatoms. The number of aldehydes is 1. The molecule has 128 valence electrons. The zero-order chi connectivity index (χ0) is 17.6. The Morgan fingerprint density at radius 1 is 1.30 bits per heavy atom. The van der Waals surface area contributed by atoms with Crippen LogP contribution in [-0.4, -0.2) is 31.3 Å². The summed E-state index contributed by atoms with van der Waals surface area (Å²) in [5, 5.41) is 0. The first-order valence-electron chi connectivity index (χ1n) is 6.80. The van der Waals surface area contributed by atoms with Crippen molar-refractivity contribution in [3.63, 3.8) is 0 Å². The molecule has 1 aliphatic heterocycles. The molecule has 0 bridgehead atoms. The van der Waals surface area contributed by atoms with Gasteiger partial charge in [0.25, 0.3) is 0 Å². The number of methoxy groups -OCH3 is 1. The molecule has 0 N–H and O–H groups in total. The highest BCUT2D eigenvalue weighted by molar-refractivity contribution is 5.61. The topological polar surface area (TPSA) is 35.5 Å². The lowest BCUT2D eigenvalue weighted by Crippen LogP contribution is -2.47. The normalized spacial score (nSPS) is 31.2. The molecule has 0 aliphatic carbocycles. The van der Waals surface area contributed by atoms with Gasteiger partial charge in [0.05, 0.1) is 7.11 Å². The van der Waals surface area contributed by atoms with E-state index in [2.05, 4.69) is 0 Å². The van der Waals surface area contributed by atoms with Crippen molar-refractivity contribution in [2.24, 2.45) is 5.92 Å². The minimum Gasteiger partial charge on any atom is -0.493 e. The summed E-state index contributed by atoms with van der Waals surface area (Å²) in [7, 11) is 1.07. The van der Waals surface area contributed by atoms with Crippen LogP contribution in [0.2, 0.25) is 0 Å². The first-order valence-corrected chi connectivity index (χ1v) is 6.80. The molecular weight excluding hydrogens is 323 g/mol. The van der Waals surface area contributed by atoms with E-state index in [1.165, 1.54) is 6.92 Å². The van der Waals surface area contributed by atoms with E-state index in [1.807, 2.05) is 0 Å². The van der Waals surface area contributed by atoms with Gasteiger partial charge in [-0.3, -0.25) is 0 Å². The van der Waals surface area contributed by atoms with Gasteiger partial charge < -0.3 is 14.3 Å². The van der Waals surface area contributed by atoms with Crippen molar-refractivity contribution in [3.8, 4) is 5.75 Å². The number of rotatable bonds is 3. The Morgan fingerprint density at radius 3 is 2.39 bits per heavy atom. The minimum absolute atomic E-state index is 0.0380. The van der Waals surface area contributed by atoms with Crippen molar-refractivity contribution in [1.82, 2.24) is 0 Å². The lowest BCUT2D eigenvalue weighted by Gasteiger charge is -2.32. The second kappa shape index (κ2) is 5.74. The average molecular weight is 338 g/mol. The van der Waals surface area contributed by atoms with Crippen LogP contribution in [0.4, 0.5) is 22.0 Å². The quantitative estimate of drug-likeness (QED) is 0.624. The summed E-state index contributed by atoms with van der Waals surface area (Å²) in [6, 6.07) is 1.89. The van der Waals surface area contributed by atoms with Gasteiger partial charge in [0.2, 0.25) is 5.82 Å². The summed E-state index contributed by atoms with van der Waals surface area (Å²) in [5.74, 6) is -5.37. The Balaban J connectivity index is 2.59. The smallest absolute Gasteiger partial charge is 0.417 e. The summed E-state index contributed by atoms with van der Waals surface area (Å²) in [6.45, 7) is 2.09. The fourth-order valence-corrected chi connectivity index (χ4v) is 2.99. The van der Waals surface area contributed by atoms with E-state index < -0.39 is 47.1 Å². The fraction of sp³-hybridized carbons (Fsp3) is 0.533. The molecule has 1 heterocycles. The van der Waals surface area contributed by atoms with E-state index in [4.69, 9.17) is 9.47 Å². The SMILES string of the molecule is COc1c([C@H]2[C@H](C=O)O[C@@](C)(C(F)(F)F)[C@H]2C)ccc(F)c1F. The maximum absolute atomic E-state index is 13.8. The van der Waals surface area contributed by atoms with Crippen LogP contribution in [0.1, 0.15) is 25.3 Å². The lowest BCUT2D eigenvalue weighted by atomic mass is 9.77. The van der Waals surface area contributed by atoms with Crippen molar-refractivity contribution in [1.29, 1.82) is 0 Å². The molecule has 2 rings (SSSR count). The molecule has 1 fully saturated rings. The van der Waals surface area contributed by atoms with Gasteiger partial charge in [-0.05, 0) is 13.0 Å². The third-order valence-electron chi connectivity index (χ3n) is 4.48. The minimum atomic E-state index is -4.73. The van der Waals surface area contributed by atoms with Crippen LogP contribution in [0.3, 0.4) is 0 Å². The van der Waals surface area contributed by atoms with E-state index in [-0.39, 0.29) is 11.8 Å². The predicted octanol–water partition coefficient (Wildman–Crippen LogP) is 3.61. The first-order chi connectivity index (χ1) is 10.6. The van der Waals surface area contributed by atoms with Crippen molar-refractivity contribution >= 4 is 6.29 Å². The van der Waals surface area contributed by atoms with E-state index in [9.17, 15) is 26.7 Å². The van der Waals surface area contributed by atoms with Crippen LogP contribution in [0.5, 0.6) is 5.75 Å². The Morgan fingerprint density at radius 2 is 1.91 bits per heavy atom. The third-order valence-corrected chi connectivity index (χ3v) is 4.48. The Hall–Kier alpha value is -1.70. The number of benzene rings is 1. The number of ether oxygens (including phenoxy) is 2. The standard InChI is InChI=1S/C15H15F5O3/c1-7-11(8-4-5-9(16)12(17)13(8)22-3)10(6-21)23-14(7,2)15(18,19)20/h4-7,10-11H,1-3H3/t7-,10-,11-,14+/m0/s1. The monoisotopic (exact) mass is 338 g/mol. The molecule has 1 saturated heterocycles. The highest BCUT2D eigenvalue weighted by Crippen LogP contribution is 2.54. The van der Waals surface area contributed by atoms with Gasteiger partial charge in [0, 0.05) is 17.4 Å². The van der Waals surface area contributed by atoms with E-state index in [0.717, 1.165) is 26.2 Å². The van der Waals surface area contributed by atoms with Crippen LogP contribution in [-0.2, 0) is 9.53 Å². The molecule has 0 aromatic heterocycles. The maximum Gasteiger partial charge on any atom is 0.417 e. The second-order valence-electron chi connectivity index (χ2n) is 5.62. The van der Waals surface area contributed by atoms with Crippen LogP contribution in [0.25, 0.3) is 0 Å².